The number of benzene rings is 2. The van der Waals surface area contributed by atoms with Crippen molar-refractivity contribution in [3.63, 3.8) is 0 Å². The lowest BCUT2D eigenvalue weighted by molar-refractivity contribution is -0.142. The average molecular weight is 350 g/mol. The molecule has 0 spiro atoms. The van der Waals surface area contributed by atoms with Crippen molar-refractivity contribution in [1.82, 2.24) is 0 Å². The van der Waals surface area contributed by atoms with Gasteiger partial charge in [-0.3, -0.25) is 4.79 Å². The molecule has 0 aliphatic rings. The van der Waals surface area contributed by atoms with Gasteiger partial charge in [0.2, 0.25) is 0 Å². The Hall–Kier alpha value is -3.59. The summed E-state index contributed by atoms with van der Waals surface area (Å²) in [6, 6.07) is 16.0. The number of nitrogens with one attached hydrogen (secondary N) is 1. The van der Waals surface area contributed by atoms with Gasteiger partial charge in [-0.1, -0.05) is 30.3 Å². The highest BCUT2D eigenvalue weighted by molar-refractivity contribution is 6.09. The van der Waals surface area contributed by atoms with Crippen molar-refractivity contribution in [2.75, 3.05) is 19.0 Å². The van der Waals surface area contributed by atoms with Crippen molar-refractivity contribution >= 4 is 23.6 Å². The van der Waals surface area contributed by atoms with Crippen LogP contribution in [0.4, 0.5) is 5.69 Å². The number of rotatable bonds is 6. The lowest BCUT2D eigenvalue weighted by atomic mass is 10.1. The van der Waals surface area contributed by atoms with E-state index in [0.717, 1.165) is 5.56 Å². The molecule has 26 heavy (non-hydrogen) atoms. The summed E-state index contributed by atoms with van der Waals surface area (Å²) >= 11 is 0. The summed E-state index contributed by atoms with van der Waals surface area (Å²) in [4.78, 5) is 23.6. The molecule has 0 saturated heterocycles. The maximum absolute atomic E-state index is 12.4. The molecule has 0 aliphatic carbocycles. The molecule has 2 aromatic rings. The van der Waals surface area contributed by atoms with E-state index in [0.29, 0.717) is 17.0 Å². The normalized spacial score (nSPS) is 10.6. The molecule has 2 aromatic carbocycles. The number of carbonyl (C=O) groups excluding carboxylic acids is 2. The van der Waals surface area contributed by atoms with Crippen LogP contribution in [0.2, 0.25) is 0 Å². The van der Waals surface area contributed by atoms with E-state index in [1.165, 1.54) is 13.2 Å². The van der Waals surface area contributed by atoms with Gasteiger partial charge in [0.25, 0.3) is 5.91 Å². The van der Waals surface area contributed by atoms with Crippen molar-refractivity contribution in [3.8, 4) is 11.8 Å². The molecular formula is C20H18N2O4. The van der Waals surface area contributed by atoms with E-state index in [1.807, 2.05) is 25.1 Å². The maximum Gasteiger partial charge on any atom is 0.343 e. The van der Waals surface area contributed by atoms with Gasteiger partial charge in [0.1, 0.15) is 17.4 Å². The Labute approximate surface area is 151 Å². The maximum atomic E-state index is 12.4. The number of hydrogen-bond acceptors (Lipinski definition) is 5. The highest BCUT2D eigenvalue weighted by Gasteiger charge is 2.12. The van der Waals surface area contributed by atoms with Crippen LogP contribution in [-0.4, -0.2) is 25.6 Å². The summed E-state index contributed by atoms with van der Waals surface area (Å²) in [5.74, 6) is -0.684. The summed E-state index contributed by atoms with van der Waals surface area (Å²) < 4.78 is 9.92. The molecule has 0 heterocycles. The molecule has 0 atom stereocenters. The Bertz CT molecular complexity index is 881. The number of para-hydroxylation sites is 1. The number of nitrogens with zero attached hydrogens (tertiary/aromatic N) is 1. The molecule has 132 valence electrons. The first kappa shape index (κ1) is 18.7. The number of carbonyl (C=O) groups is 2. The van der Waals surface area contributed by atoms with Crippen molar-refractivity contribution in [3.05, 3.63) is 65.2 Å². The minimum atomic E-state index is -0.527. The smallest absolute Gasteiger partial charge is 0.343 e. The van der Waals surface area contributed by atoms with Crippen molar-refractivity contribution in [1.29, 1.82) is 5.26 Å². The van der Waals surface area contributed by atoms with Crippen LogP contribution in [0.1, 0.15) is 11.1 Å². The molecule has 6 nitrogen and oxygen atoms in total. The van der Waals surface area contributed by atoms with Gasteiger partial charge >= 0.3 is 5.97 Å². The molecule has 0 bridgehead atoms. The number of nitriles is 1. The van der Waals surface area contributed by atoms with Crippen LogP contribution in [-0.2, 0) is 14.3 Å². The minimum Gasteiger partial charge on any atom is -0.481 e. The SMILES string of the molecule is COC(=O)COc1ccccc1/C=C(\C#N)C(=O)Nc1cccc(C)c1. The zero-order valence-electron chi connectivity index (χ0n) is 14.5. The molecule has 0 aliphatic heterocycles. The quantitative estimate of drug-likeness (QED) is 0.491. The van der Waals surface area contributed by atoms with Crippen LogP contribution in [0.3, 0.4) is 0 Å². The molecular weight excluding hydrogens is 332 g/mol. The highest BCUT2D eigenvalue weighted by Crippen LogP contribution is 2.21. The first-order valence-corrected chi connectivity index (χ1v) is 7.82. The summed E-state index contributed by atoms with van der Waals surface area (Å²) in [5, 5.41) is 12.0. The van der Waals surface area contributed by atoms with Gasteiger partial charge in [-0.2, -0.15) is 5.26 Å². The van der Waals surface area contributed by atoms with E-state index in [2.05, 4.69) is 10.1 Å². The van der Waals surface area contributed by atoms with Gasteiger partial charge < -0.3 is 14.8 Å². The second-order valence-electron chi connectivity index (χ2n) is 5.40. The first-order valence-electron chi connectivity index (χ1n) is 7.82. The van der Waals surface area contributed by atoms with Crippen LogP contribution in [0, 0.1) is 18.3 Å². The molecule has 0 fully saturated rings. The molecule has 0 saturated carbocycles. The first-order chi connectivity index (χ1) is 12.5. The fourth-order valence-corrected chi connectivity index (χ4v) is 2.15. The Kier molecular flexibility index (Phi) is 6.52. The monoisotopic (exact) mass is 350 g/mol. The number of hydrogen-bond donors (Lipinski definition) is 1. The topological polar surface area (TPSA) is 88.4 Å². The van der Waals surface area contributed by atoms with E-state index in [1.54, 1.807) is 36.4 Å². The largest absolute Gasteiger partial charge is 0.481 e. The second-order valence-corrected chi connectivity index (χ2v) is 5.40. The standard InChI is InChI=1S/C20H18N2O4/c1-14-6-5-8-17(10-14)22-20(24)16(12-21)11-15-7-3-4-9-18(15)26-13-19(23)25-2/h3-11H,13H2,1-2H3,(H,22,24)/b16-11+. The lowest BCUT2D eigenvalue weighted by Crippen LogP contribution is -2.14. The zero-order valence-corrected chi connectivity index (χ0v) is 14.5. The van der Waals surface area contributed by atoms with Crippen LogP contribution >= 0.6 is 0 Å². The van der Waals surface area contributed by atoms with Crippen molar-refractivity contribution in [2.45, 2.75) is 6.92 Å². The summed E-state index contributed by atoms with van der Waals surface area (Å²) in [6.07, 6.45) is 1.41. The number of aryl methyl sites for hydroxylation is 1. The minimum absolute atomic E-state index is 0.0828. The van der Waals surface area contributed by atoms with E-state index in [4.69, 9.17) is 4.74 Å². The van der Waals surface area contributed by atoms with Crippen LogP contribution in [0.25, 0.3) is 6.08 Å². The number of methoxy groups -OCH3 is 1. The summed E-state index contributed by atoms with van der Waals surface area (Å²) in [7, 11) is 1.26. The van der Waals surface area contributed by atoms with Crippen LogP contribution < -0.4 is 10.1 Å². The predicted molar refractivity (Wildman–Crippen MR) is 97.4 cm³/mol. The van der Waals surface area contributed by atoms with E-state index >= 15 is 0 Å². The third-order valence-electron chi connectivity index (χ3n) is 3.43. The Morgan fingerprint density at radius 3 is 2.65 bits per heavy atom. The highest BCUT2D eigenvalue weighted by atomic mass is 16.6. The second kappa shape index (κ2) is 9.04. The molecule has 1 amide bonds. The van der Waals surface area contributed by atoms with Gasteiger partial charge in [0.15, 0.2) is 6.61 Å². The molecule has 0 aromatic heterocycles. The zero-order chi connectivity index (χ0) is 18.9. The molecule has 0 radical (unpaired) electrons. The predicted octanol–water partition coefficient (Wildman–Crippen LogP) is 3.09. The molecule has 0 unspecified atom stereocenters. The van der Waals surface area contributed by atoms with Crippen LogP contribution in [0.5, 0.6) is 5.75 Å². The molecule has 2 rings (SSSR count). The van der Waals surface area contributed by atoms with Gasteiger partial charge in [0, 0.05) is 11.3 Å². The summed E-state index contributed by atoms with van der Waals surface area (Å²) in [6.45, 7) is 1.64. The number of amides is 1. The third-order valence-corrected chi connectivity index (χ3v) is 3.43. The number of ether oxygens (including phenoxy) is 2. The van der Waals surface area contributed by atoms with E-state index in [-0.39, 0.29) is 12.2 Å². The van der Waals surface area contributed by atoms with Gasteiger partial charge in [-0.15, -0.1) is 0 Å². The fraction of sp³-hybridized carbons (Fsp3) is 0.150. The van der Waals surface area contributed by atoms with Gasteiger partial charge in [0.05, 0.1) is 7.11 Å². The van der Waals surface area contributed by atoms with E-state index < -0.39 is 11.9 Å². The van der Waals surface area contributed by atoms with Crippen molar-refractivity contribution in [2.24, 2.45) is 0 Å². The third kappa shape index (κ3) is 5.21. The number of esters is 1. The fourth-order valence-electron chi connectivity index (χ4n) is 2.15. The molecule has 6 heteroatoms. The Morgan fingerprint density at radius 1 is 1.19 bits per heavy atom. The van der Waals surface area contributed by atoms with Crippen molar-refractivity contribution < 1.29 is 19.1 Å². The van der Waals surface area contributed by atoms with Gasteiger partial charge in [-0.25, -0.2) is 4.79 Å². The Balaban J connectivity index is 2.21. The van der Waals surface area contributed by atoms with E-state index in [9.17, 15) is 14.9 Å². The summed E-state index contributed by atoms with van der Waals surface area (Å²) in [5.41, 5.74) is 2.02. The Morgan fingerprint density at radius 2 is 1.96 bits per heavy atom. The lowest BCUT2D eigenvalue weighted by Gasteiger charge is -2.09. The molecule has 1 N–H and O–H groups in total. The van der Waals surface area contributed by atoms with Gasteiger partial charge in [-0.05, 0) is 36.8 Å². The van der Waals surface area contributed by atoms with Crippen LogP contribution in [0.15, 0.2) is 54.1 Å². The number of anilines is 1. The average Bonchev–Trinajstić information content (AvgIpc) is 2.64.